The minimum atomic E-state index is -4.48. The molecule has 120 valence electrons. The summed E-state index contributed by atoms with van der Waals surface area (Å²) >= 11 is 6.93. The number of rotatable bonds is 4. The summed E-state index contributed by atoms with van der Waals surface area (Å²) in [5.41, 5.74) is -0.897. The van der Waals surface area contributed by atoms with Crippen molar-refractivity contribution < 1.29 is 22.1 Å². The van der Waals surface area contributed by atoms with Crippen LogP contribution in [0, 0.1) is 0 Å². The molecule has 0 aliphatic heterocycles. The molecule has 0 amide bonds. The molecule has 0 fully saturated rings. The summed E-state index contributed by atoms with van der Waals surface area (Å²) in [6, 6.07) is 4.18. The fourth-order valence-corrected chi connectivity index (χ4v) is 2.67. The minimum absolute atomic E-state index is 0.0837. The first-order valence-corrected chi connectivity index (χ1v) is 7.52. The van der Waals surface area contributed by atoms with Gasteiger partial charge in [-0.1, -0.05) is 28.5 Å². The Bertz CT molecular complexity index is 805. The van der Waals surface area contributed by atoms with E-state index in [1.165, 1.54) is 6.26 Å². The van der Waals surface area contributed by atoms with E-state index in [9.17, 15) is 13.2 Å². The summed E-state index contributed by atoms with van der Waals surface area (Å²) in [6.07, 6.45) is -2.27. The molecule has 0 aromatic carbocycles. The molecule has 3 aromatic heterocycles. The first-order valence-electron chi connectivity index (χ1n) is 6.15. The normalized spacial score (nSPS) is 11.8. The van der Waals surface area contributed by atoms with Crippen molar-refractivity contribution in [2.45, 2.75) is 17.0 Å². The molecule has 0 unspecified atom stereocenters. The SMILES string of the molecule is FC(F)(F)c1cnc(SCc2noc(-c3ccco3)n2)c(Cl)c1. The monoisotopic (exact) mass is 361 g/mol. The molecule has 0 spiro atoms. The average Bonchev–Trinajstić information content (AvgIpc) is 3.16. The van der Waals surface area contributed by atoms with Gasteiger partial charge in [-0.05, 0) is 18.2 Å². The first kappa shape index (κ1) is 15.9. The number of alkyl halides is 3. The number of hydrogen-bond donors (Lipinski definition) is 0. The predicted octanol–water partition coefficient (Wildman–Crippen LogP) is 4.69. The van der Waals surface area contributed by atoms with E-state index in [1.807, 2.05) is 0 Å². The van der Waals surface area contributed by atoms with Gasteiger partial charge in [-0.3, -0.25) is 0 Å². The molecule has 0 atom stereocenters. The molecule has 0 saturated heterocycles. The van der Waals surface area contributed by atoms with Crippen molar-refractivity contribution in [3.8, 4) is 11.7 Å². The summed E-state index contributed by atoms with van der Waals surface area (Å²) in [7, 11) is 0. The highest BCUT2D eigenvalue weighted by Crippen LogP contribution is 2.34. The summed E-state index contributed by atoms with van der Waals surface area (Å²) in [5, 5.41) is 3.93. The smallest absolute Gasteiger partial charge is 0.417 e. The third-order valence-corrected chi connectivity index (χ3v) is 4.07. The maximum Gasteiger partial charge on any atom is 0.417 e. The molecule has 0 aliphatic rings. The number of furan rings is 1. The van der Waals surface area contributed by atoms with Crippen molar-refractivity contribution in [1.29, 1.82) is 0 Å². The van der Waals surface area contributed by atoms with Gasteiger partial charge in [0, 0.05) is 6.20 Å². The Kier molecular flexibility index (Phi) is 4.31. The van der Waals surface area contributed by atoms with Crippen LogP contribution in [-0.2, 0) is 11.9 Å². The number of thioether (sulfide) groups is 1. The molecular formula is C13H7ClF3N3O2S. The van der Waals surface area contributed by atoms with Gasteiger partial charge in [0.15, 0.2) is 11.6 Å². The van der Waals surface area contributed by atoms with Crippen LogP contribution in [0.25, 0.3) is 11.7 Å². The van der Waals surface area contributed by atoms with E-state index in [4.69, 9.17) is 20.5 Å². The molecule has 0 bridgehead atoms. The zero-order chi connectivity index (χ0) is 16.4. The minimum Gasteiger partial charge on any atom is -0.459 e. The highest BCUT2D eigenvalue weighted by molar-refractivity contribution is 7.98. The summed E-state index contributed by atoms with van der Waals surface area (Å²) < 4.78 is 47.8. The van der Waals surface area contributed by atoms with Crippen LogP contribution < -0.4 is 0 Å². The zero-order valence-electron chi connectivity index (χ0n) is 11.2. The second-order valence-corrected chi connectivity index (χ2v) is 5.66. The Morgan fingerprint density at radius 1 is 1.30 bits per heavy atom. The number of hydrogen-bond acceptors (Lipinski definition) is 6. The number of halogens is 4. The lowest BCUT2D eigenvalue weighted by atomic mass is 10.3. The largest absolute Gasteiger partial charge is 0.459 e. The molecule has 3 heterocycles. The molecule has 0 saturated carbocycles. The van der Waals surface area contributed by atoms with E-state index in [0.717, 1.165) is 24.0 Å². The summed E-state index contributed by atoms with van der Waals surface area (Å²) in [5.74, 6) is 1.23. The lowest BCUT2D eigenvalue weighted by molar-refractivity contribution is -0.137. The van der Waals surface area contributed by atoms with Gasteiger partial charge in [0.2, 0.25) is 0 Å². The third-order valence-electron chi connectivity index (χ3n) is 2.67. The maximum atomic E-state index is 12.5. The van der Waals surface area contributed by atoms with Crippen molar-refractivity contribution >= 4 is 23.4 Å². The zero-order valence-corrected chi connectivity index (χ0v) is 12.7. The lowest BCUT2D eigenvalue weighted by Crippen LogP contribution is -2.05. The Morgan fingerprint density at radius 2 is 2.13 bits per heavy atom. The Hall–Kier alpha value is -2.00. The van der Waals surface area contributed by atoms with Gasteiger partial charge < -0.3 is 8.94 Å². The lowest BCUT2D eigenvalue weighted by Gasteiger charge is -2.08. The molecular weight excluding hydrogens is 355 g/mol. The van der Waals surface area contributed by atoms with Crippen LogP contribution in [0.2, 0.25) is 5.02 Å². The number of pyridine rings is 1. The summed E-state index contributed by atoms with van der Waals surface area (Å²) in [6.45, 7) is 0. The molecule has 10 heteroatoms. The van der Waals surface area contributed by atoms with Crippen molar-refractivity contribution in [1.82, 2.24) is 15.1 Å². The van der Waals surface area contributed by atoms with Crippen molar-refractivity contribution in [2.24, 2.45) is 0 Å². The van der Waals surface area contributed by atoms with Crippen molar-refractivity contribution in [3.63, 3.8) is 0 Å². The Morgan fingerprint density at radius 3 is 2.78 bits per heavy atom. The highest BCUT2D eigenvalue weighted by atomic mass is 35.5. The second-order valence-electron chi connectivity index (χ2n) is 4.29. The molecule has 3 aromatic rings. The van der Waals surface area contributed by atoms with Crippen molar-refractivity contribution in [2.75, 3.05) is 0 Å². The van der Waals surface area contributed by atoms with Gasteiger partial charge in [-0.2, -0.15) is 18.2 Å². The molecule has 0 aliphatic carbocycles. The fourth-order valence-electron chi connectivity index (χ4n) is 1.63. The van der Waals surface area contributed by atoms with E-state index in [1.54, 1.807) is 12.1 Å². The predicted molar refractivity (Wildman–Crippen MR) is 75.8 cm³/mol. The van der Waals surface area contributed by atoms with E-state index in [0.29, 0.717) is 11.6 Å². The van der Waals surface area contributed by atoms with Crippen LogP contribution in [0.3, 0.4) is 0 Å². The van der Waals surface area contributed by atoms with E-state index in [-0.39, 0.29) is 21.7 Å². The van der Waals surface area contributed by atoms with Crippen LogP contribution in [0.1, 0.15) is 11.4 Å². The molecule has 23 heavy (non-hydrogen) atoms. The van der Waals surface area contributed by atoms with Crippen LogP contribution in [-0.4, -0.2) is 15.1 Å². The number of nitrogens with zero attached hydrogens (tertiary/aromatic N) is 3. The molecule has 0 N–H and O–H groups in total. The molecule has 3 rings (SSSR count). The average molecular weight is 362 g/mol. The molecule has 0 radical (unpaired) electrons. The van der Waals surface area contributed by atoms with E-state index in [2.05, 4.69) is 15.1 Å². The van der Waals surface area contributed by atoms with Crippen LogP contribution in [0.4, 0.5) is 13.2 Å². The summed E-state index contributed by atoms with van der Waals surface area (Å²) in [4.78, 5) is 7.83. The molecule has 5 nitrogen and oxygen atoms in total. The van der Waals surface area contributed by atoms with Gasteiger partial charge in [0.25, 0.3) is 5.89 Å². The Labute approximate surface area is 136 Å². The highest BCUT2D eigenvalue weighted by Gasteiger charge is 2.31. The second kappa shape index (κ2) is 6.25. The van der Waals surface area contributed by atoms with E-state index < -0.39 is 11.7 Å². The quantitative estimate of drug-likeness (QED) is 0.628. The van der Waals surface area contributed by atoms with Gasteiger partial charge in [0.1, 0.15) is 5.03 Å². The van der Waals surface area contributed by atoms with Crippen LogP contribution in [0.5, 0.6) is 0 Å². The Balaban J connectivity index is 1.69. The first-order chi connectivity index (χ1) is 10.9. The third kappa shape index (κ3) is 3.67. The maximum absolute atomic E-state index is 12.5. The van der Waals surface area contributed by atoms with Gasteiger partial charge in [-0.25, -0.2) is 4.98 Å². The van der Waals surface area contributed by atoms with Crippen molar-refractivity contribution in [3.05, 3.63) is 47.1 Å². The van der Waals surface area contributed by atoms with Crippen LogP contribution in [0.15, 0.2) is 44.6 Å². The van der Waals surface area contributed by atoms with E-state index >= 15 is 0 Å². The van der Waals surface area contributed by atoms with Gasteiger partial charge >= 0.3 is 6.18 Å². The van der Waals surface area contributed by atoms with Gasteiger partial charge in [0.05, 0.1) is 22.6 Å². The topological polar surface area (TPSA) is 65.0 Å². The number of aromatic nitrogens is 3. The van der Waals surface area contributed by atoms with Crippen LogP contribution >= 0.6 is 23.4 Å². The fraction of sp³-hybridized carbons (Fsp3) is 0.154. The van der Waals surface area contributed by atoms with Gasteiger partial charge in [-0.15, -0.1) is 0 Å². The standard InChI is InChI=1S/C13H7ClF3N3O2S/c14-8-4-7(13(15,16)17)5-18-12(8)23-6-10-19-11(22-20-10)9-2-1-3-21-9/h1-5H,6H2.